The van der Waals surface area contributed by atoms with Gasteiger partial charge in [-0.2, -0.15) is 0 Å². The van der Waals surface area contributed by atoms with Crippen molar-refractivity contribution in [2.45, 2.75) is 213 Å². The Morgan fingerprint density at radius 1 is 0.717 bits per heavy atom. The molecule has 0 aromatic carbocycles. The van der Waals surface area contributed by atoms with E-state index in [0.717, 1.165) is 77.4 Å². The largest absolute Gasteiger partial charge is 0.462 e. The molecule has 0 saturated carbocycles. The summed E-state index contributed by atoms with van der Waals surface area (Å²) in [7, 11) is 0. The minimum Gasteiger partial charge on any atom is -0.462 e. The zero-order valence-electron chi connectivity index (χ0n) is 31.1. The van der Waals surface area contributed by atoms with Crippen LogP contribution in [-0.4, -0.2) is 57.4 Å². The Hall–Kier alpha value is -1.40. The van der Waals surface area contributed by atoms with Gasteiger partial charge >= 0.3 is 5.97 Å². The van der Waals surface area contributed by atoms with E-state index in [-0.39, 0.29) is 18.2 Å². The molecule has 0 aliphatic carbocycles. The molecule has 0 amide bonds. The second-order valence-corrected chi connectivity index (χ2v) is 14.2. The summed E-state index contributed by atoms with van der Waals surface area (Å²) in [6.07, 6.45) is 36.6. The van der Waals surface area contributed by atoms with Gasteiger partial charge in [-0.05, 0) is 58.4 Å². The highest BCUT2D eigenvalue weighted by molar-refractivity contribution is 5.69. The first kappa shape index (κ1) is 42.6. The number of hydrogen-bond donors (Lipinski definition) is 1. The molecule has 3 unspecified atom stereocenters. The maximum Gasteiger partial charge on any atom is 0.306 e. The fourth-order valence-electron chi connectivity index (χ4n) is 6.48. The van der Waals surface area contributed by atoms with E-state index in [1.54, 1.807) is 0 Å². The van der Waals surface area contributed by atoms with Crippen molar-refractivity contribution in [2.24, 2.45) is 0 Å². The third-order valence-electron chi connectivity index (χ3n) is 9.75. The van der Waals surface area contributed by atoms with Crippen molar-refractivity contribution in [3.63, 3.8) is 0 Å². The fourth-order valence-corrected chi connectivity index (χ4v) is 6.48. The standard InChI is InChI=1S/C40H77N3O3/c1-5-8-10-12-14-15-16-17-19-23-27-38(44)35-42(33-30-37(4)43-34-31-41-36-43)32-26-22-18-21-25-29-40(45)46-39(7-3)28-24-20-13-11-9-6-2/h31,34,36-39,44H,5-30,32-33,35H2,1-4H3. The number of nitrogens with zero attached hydrogens (tertiary/aromatic N) is 3. The Morgan fingerprint density at radius 2 is 1.26 bits per heavy atom. The molecule has 0 saturated heterocycles. The van der Waals surface area contributed by atoms with Crippen molar-refractivity contribution < 1.29 is 14.6 Å². The van der Waals surface area contributed by atoms with Crippen LogP contribution in [0.5, 0.6) is 0 Å². The Balaban J connectivity index is 2.25. The number of hydrogen-bond acceptors (Lipinski definition) is 5. The summed E-state index contributed by atoms with van der Waals surface area (Å²) in [6, 6.07) is 0.405. The zero-order chi connectivity index (χ0) is 33.5. The van der Waals surface area contributed by atoms with Crippen LogP contribution < -0.4 is 0 Å². The minimum atomic E-state index is -0.239. The van der Waals surface area contributed by atoms with Gasteiger partial charge in [0.25, 0.3) is 0 Å². The molecule has 0 aliphatic rings. The predicted octanol–water partition coefficient (Wildman–Crippen LogP) is 11.2. The lowest BCUT2D eigenvalue weighted by Crippen LogP contribution is -2.35. The van der Waals surface area contributed by atoms with Crippen molar-refractivity contribution in [3.05, 3.63) is 18.7 Å². The van der Waals surface area contributed by atoms with E-state index in [9.17, 15) is 9.90 Å². The fraction of sp³-hybridized carbons (Fsp3) is 0.900. The molecular weight excluding hydrogens is 570 g/mol. The number of aliphatic hydroxyl groups is 1. The first-order chi connectivity index (χ1) is 22.5. The van der Waals surface area contributed by atoms with Crippen LogP contribution in [0.1, 0.15) is 201 Å². The normalized spacial score (nSPS) is 13.7. The number of aliphatic hydroxyl groups excluding tert-OH is 1. The topological polar surface area (TPSA) is 67.6 Å². The molecule has 3 atom stereocenters. The van der Waals surface area contributed by atoms with Gasteiger partial charge in [0.1, 0.15) is 6.10 Å². The van der Waals surface area contributed by atoms with Gasteiger partial charge in [0.05, 0.1) is 12.4 Å². The maximum absolute atomic E-state index is 12.4. The quantitative estimate of drug-likeness (QED) is 0.0595. The molecule has 0 bridgehead atoms. The predicted molar refractivity (Wildman–Crippen MR) is 196 cm³/mol. The molecule has 0 radical (unpaired) electrons. The van der Waals surface area contributed by atoms with Crippen molar-refractivity contribution in [1.29, 1.82) is 0 Å². The minimum absolute atomic E-state index is 0.00702. The number of ether oxygens (including phenoxy) is 1. The van der Waals surface area contributed by atoms with Gasteiger partial charge in [0, 0.05) is 37.9 Å². The molecule has 270 valence electrons. The summed E-state index contributed by atoms with van der Waals surface area (Å²) in [5.74, 6) is -0.00702. The lowest BCUT2D eigenvalue weighted by molar-refractivity contribution is -0.149. The molecule has 1 heterocycles. The molecule has 1 rings (SSSR count). The van der Waals surface area contributed by atoms with Crippen molar-refractivity contribution in [2.75, 3.05) is 19.6 Å². The molecule has 1 N–H and O–H groups in total. The van der Waals surface area contributed by atoms with Crippen molar-refractivity contribution in [1.82, 2.24) is 14.5 Å². The van der Waals surface area contributed by atoms with E-state index in [0.29, 0.717) is 12.5 Å². The van der Waals surface area contributed by atoms with Crippen LogP contribution >= 0.6 is 0 Å². The van der Waals surface area contributed by atoms with Gasteiger partial charge in [-0.25, -0.2) is 4.98 Å². The van der Waals surface area contributed by atoms with Crippen LogP contribution in [0, 0.1) is 0 Å². The Bertz CT molecular complexity index is 772. The molecule has 0 aliphatic heterocycles. The van der Waals surface area contributed by atoms with Crippen molar-refractivity contribution in [3.8, 4) is 0 Å². The molecule has 46 heavy (non-hydrogen) atoms. The van der Waals surface area contributed by atoms with Crippen LogP contribution in [0.2, 0.25) is 0 Å². The monoisotopic (exact) mass is 648 g/mol. The second-order valence-electron chi connectivity index (χ2n) is 14.2. The van der Waals surface area contributed by atoms with E-state index in [1.165, 1.54) is 103 Å². The third kappa shape index (κ3) is 24.7. The molecule has 6 nitrogen and oxygen atoms in total. The number of imidazole rings is 1. The molecule has 6 heteroatoms. The lowest BCUT2D eigenvalue weighted by atomic mass is 10.0. The number of carbonyl (C=O) groups is 1. The number of unbranched alkanes of at least 4 members (excludes halogenated alkanes) is 18. The van der Waals surface area contributed by atoms with Crippen LogP contribution in [0.15, 0.2) is 18.7 Å². The SMILES string of the molecule is CCCCCCCCCCCCC(O)CN(CCCCCCCC(=O)OC(CC)CCCCCCCC)CCC(C)n1ccnc1. The average Bonchev–Trinajstić information content (AvgIpc) is 3.60. The van der Waals surface area contributed by atoms with Gasteiger partial charge in [-0.15, -0.1) is 0 Å². The Morgan fingerprint density at radius 3 is 1.83 bits per heavy atom. The van der Waals surface area contributed by atoms with Gasteiger partial charge in [-0.3, -0.25) is 4.79 Å². The summed E-state index contributed by atoms with van der Waals surface area (Å²) in [4.78, 5) is 19.1. The summed E-state index contributed by atoms with van der Waals surface area (Å²) < 4.78 is 7.97. The number of aromatic nitrogens is 2. The van der Waals surface area contributed by atoms with Crippen LogP contribution in [0.25, 0.3) is 0 Å². The average molecular weight is 648 g/mol. The summed E-state index contributed by atoms with van der Waals surface area (Å²) in [5, 5.41) is 10.9. The zero-order valence-corrected chi connectivity index (χ0v) is 31.1. The van der Waals surface area contributed by atoms with Crippen LogP contribution in [0.3, 0.4) is 0 Å². The molecule has 1 aromatic heterocycles. The number of rotatable bonds is 34. The smallest absolute Gasteiger partial charge is 0.306 e. The first-order valence-electron chi connectivity index (χ1n) is 20.1. The maximum atomic E-state index is 12.4. The number of esters is 1. The summed E-state index contributed by atoms with van der Waals surface area (Å²) in [6.45, 7) is 11.7. The van der Waals surface area contributed by atoms with E-state index in [2.05, 4.69) is 42.1 Å². The Kier molecular flexibility index (Phi) is 28.6. The molecular formula is C40H77N3O3. The van der Waals surface area contributed by atoms with Crippen LogP contribution in [-0.2, 0) is 9.53 Å². The van der Waals surface area contributed by atoms with Gasteiger partial charge < -0.3 is 19.3 Å². The van der Waals surface area contributed by atoms with Crippen molar-refractivity contribution >= 4 is 5.97 Å². The van der Waals surface area contributed by atoms with Gasteiger partial charge in [0.2, 0.25) is 0 Å². The number of carbonyl (C=O) groups excluding carboxylic acids is 1. The third-order valence-corrected chi connectivity index (χ3v) is 9.75. The van der Waals surface area contributed by atoms with Gasteiger partial charge in [-0.1, -0.05) is 136 Å². The highest BCUT2D eigenvalue weighted by Crippen LogP contribution is 2.17. The molecule has 1 aromatic rings. The van der Waals surface area contributed by atoms with E-state index in [1.807, 2.05) is 18.7 Å². The highest BCUT2D eigenvalue weighted by Gasteiger charge is 2.15. The highest BCUT2D eigenvalue weighted by atomic mass is 16.5. The first-order valence-corrected chi connectivity index (χ1v) is 20.1. The van der Waals surface area contributed by atoms with E-state index < -0.39 is 0 Å². The second kappa shape index (κ2) is 30.9. The van der Waals surface area contributed by atoms with E-state index >= 15 is 0 Å². The lowest BCUT2D eigenvalue weighted by Gasteiger charge is -2.27. The summed E-state index contributed by atoms with van der Waals surface area (Å²) in [5.41, 5.74) is 0. The Labute approximate surface area is 285 Å². The molecule has 0 spiro atoms. The van der Waals surface area contributed by atoms with E-state index in [4.69, 9.17) is 4.74 Å². The van der Waals surface area contributed by atoms with Crippen LogP contribution in [0.4, 0.5) is 0 Å². The molecule has 0 fully saturated rings. The van der Waals surface area contributed by atoms with Gasteiger partial charge in [0.15, 0.2) is 0 Å². The summed E-state index contributed by atoms with van der Waals surface area (Å²) >= 11 is 0.